The number of pyridine rings is 1. The number of nitrogens with zero attached hydrogens (tertiary/aromatic N) is 2. The number of hydrogen-bond donors (Lipinski definition) is 1. The van der Waals surface area contributed by atoms with Crippen LogP contribution in [0, 0.1) is 6.92 Å². The number of amides is 1. The van der Waals surface area contributed by atoms with Crippen molar-refractivity contribution in [2.45, 2.75) is 19.5 Å². The van der Waals surface area contributed by atoms with Gasteiger partial charge in [0.2, 0.25) is 5.78 Å². The Labute approximate surface area is 173 Å². The van der Waals surface area contributed by atoms with Gasteiger partial charge in [-0.2, -0.15) is 0 Å². The van der Waals surface area contributed by atoms with E-state index in [1.165, 1.54) is 11.0 Å². The van der Waals surface area contributed by atoms with E-state index in [0.717, 1.165) is 5.56 Å². The summed E-state index contributed by atoms with van der Waals surface area (Å²) in [5.74, 6) is -0.433. The number of aliphatic hydroxyl groups excluding tert-OH is 1. The number of ketones is 1. The van der Waals surface area contributed by atoms with Gasteiger partial charge in [0, 0.05) is 18.9 Å². The topological polar surface area (TPSA) is 92.9 Å². The minimum atomic E-state index is -0.776. The first-order valence-electron chi connectivity index (χ1n) is 9.37. The SMILES string of the molecule is COc1ccc([C@@H]2C(C(=O)c3ccc(C)o3)=C(O)C(=O)N2Cc2cccnc2)cc1. The van der Waals surface area contributed by atoms with Crippen molar-refractivity contribution in [3.8, 4) is 5.75 Å². The van der Waals surface area contributed by atoms with Crippen LogP contribution in [-0.4, -0.2) is 33.8 Å². The maximum Gasteiger partial charge on any atom is 0.290 e. The average Bonchev–Trinajstić information content (AvgIpc) is 3.31. The van der Waals surface area contributed by atoms with E-state index in [-0.39, 0.29) is 17.9 Å². The lowest BCUT2D eigenvalue weighted by atomic mass is 9.95. The molecule has 7 nitrogen and oxygen atoms in total. The number of Topliss-reactive ketones (excluding diaryl/α,β-unsaturated/α-hetero) is 1. The molecule has 1 amide bonds. The Balaban J connectivity index is 1.79. The number of hydrogen-bond acceptors (Lipinski definition) is 6. The van der Waals surface area contributed by atoms with Crippen LogP contribution in [0.4, 0.5) is 0 Å². The second kappa shape index (κ2) is 7.87. The Kier molecular flexibility index (Phi) is 5.10. The first-order chi connectivity index (χ1) is 14.5. The molecule has 7 heteroatoms. The maximum atomic E-state index is 13.2. The highest BCUT2D eigenvalue weighted by atomic mass is 16.5. The molecule has 30 heavy (non-hydrogen) atoms. The van der Waals surface area contributed by atoms with Crippen molar-refractivity contribution in [2.24, 2.45) is 0 Å². The molecule has 152 valence electrons. The van der Waals surface area contributed by atoms with Gasteiger partial charge in [0.05, 0.1) is 18.7 Å². The molecule has 3 aromatic rings. The summed E-state index contributed by atoms with van der Waals surface area (Å²) in [5.41, 5.74) is 1.44. The summed E-state index contributed by atoms with van der Waals surface area (Å²) in [4.78, 5) is 31.7. The molecule has 0 radical (unpaired) electrons. The monoisotopic (exact) mass is 404 g/mol. The van der Waals surface area contributed by atoms with Crippen molar-refractivity contribution in [1.82, 2.24) is 9.88 Å². The van der Waals surface area contributed by atoms with Crippen LogP contribution >= 0.6 is 0 Å². The van der Waals surface area contributed by atoms with Gasteiger partial charge in [-0.25, -0.2) is 0 Å². The zero-order valence-corrected chi connectivity index (χ0v) is 16.5. The number of rotatable bonds is 6. The minimum Gasteiger partial charge on any atom is -0.503 e. The Bertz CT molecular complexity index is 1120. The number of furan rings is 1. The molecule has 0 saturated carbocycles. The molecular formula is C23H20N2O5. The van der Waals surface area contributed by atoms with Gasteiger partial charge < -0.3 is 19.2 Å². The van der Waals surface area contributed by atoms with Crippen molar-refractivity contribution < 1.29 is 23.8 Å². The molecule has 1 aliphatic heterocycles. The van der Waals surface area contributed by atoms with E-state index < -0.39 is 23.5 Å². The fourth-order valence-electron chi connectivity index (χ4n) is 3.56. The largest absolute Gasteiger partial charge is 0.503 e. The van der Waals surface area contributed by atoms with Crippen LogP contribution in [0.3, 0.4) is 0 Å². The van der Waals surface area contributed by atoms with Crippen molar-refractivity contribution in [3.05, 3.63) is 94.9 Å². The summed E-state index contributed by atoms with van der Waals surface area (Å²) in [5, 5.41) is 10.7. The third-order valence-electron chi connectivity index (χ3n) is 5.02. The molecule has 1 atom stereocenters. The summed E-state index contributed by atoms with van der Waals surface area (Å²) in [6.07, 6.45) is 3.28. The molecule has 0 aliphatic carbocycles. The van der Waals surface area contributed by atoms with Gasteiger partial charge in [-0.15, -0.1) is 0 Å². The van der Waals surface area contributed by atoms with Gasteiger partial charge in [0.15, 0.2) is 11.5 Å². The summed E-state index contributed by atoms with van der Waals surface area (Å²) in [7, 11) is 1.56. The van der Waals surface area contributed by atoms with Gasteiger partial charge in [0.1, 0.15) is 11.5 Å². The highest BCUT2D eigenvalue weighted by Gasteiger charge is 2.44. The van der Waals surface area contributed by atoms with E-state index in [0.29, 0.717) is 17.1 Å². The van der Waals surface area contributed by atoms with E-state index >= 15 is 0 Å². The molecule has 0 bridgehead atoms. The molecule has 0 spiro atoms. The molecule has 0 saturated heterocycles. The number of aliphatic hydroxyl groups is 1. The van der Waals surface area contributed by atoms with E-state index in [1.807, 2.05) is 6.07 Å². The van der Waals surface area contributed by atoms with Crippen LogP contribution in [0.2, 0.25) is 0 Å². The van der Waals surface area contributed by atoms with Gasteiger partial charge in [0.25, 0.3) is 5.91 Å². The Morgan fingerprint density at radius 2 is 1.97 bits per heavy atom. The average molecular weight is 404 g/mol. The van der Waals surface area contributed by atoms with Gasteiger partial charge >= 0.3 is 0 Å². The lowest BCUT2D eigenvalue weighted by molar-refractivity contribution is -0.130. The lowest BCUT2D eigenvalue weighted by Crippen LogP contribution is -2.30. The summed E-state index contributed by atoms with van der Waals surface area (Å²) in [6, 6.07) is 13.1. The number of benzene rings is 1. The molecule has 2 aromatic heterocycles. The maximum absolute atomic E-state index is 13.2. The highest BCUT2D eigenvalue weighted by Crippen LogP contribution is 2.40. The van der Waals surface area contributed by atoms with E-state index in [4.69, 9.17) is 9.15 Å². The van der Waals surface area contributed by atoms with Crippen molar-refractivity contribution in [1.29, 1.82) is 0 Å². The van der Waals surface area contributed by atoms with E-state index in [1.54, 1.807) is 62.8 Å². The van der Waals surface area contributed by atoms with Gasteiger partial charge in [-0.1, -0.05) is 18.2 Å². The Hall–Kier alpha value is -3.87. The molecule has 1 aromatic carbocycles. The molecule has 0 fully saturated rings. The van der Waals surface area contributed by atoms with Crippen molar-refractivity contribution >= 4 is 11.7 Å². The van der Waals surface area contributed by atoms with Crippen LogP contribution < -0.4 is 4.74 Å². The minimum absolute atomic E-state index is 0.0107. The smallest absolute Gasteiger partial charge is 0.290 e. The predicted octanol–water partition coefficient (Wildman–Crippen LogP) is 3.77. The number of aryl methyl sites for hydroxylation is 1. The van der Waals surface area contributed by atoms with Crippen LogP contribution in [0.15, 0.2) is 76.7 Å². The molecular weight excluding hydrogens is 384 g/mol. The third-order valence-corrected chi connectivity index (χ3v) is 5.02. The number of ether oxygens (including phenoxy) is 1. The van der Waals surface area contributed by atoms with Gasteiger partial charge in [-0.05, 0) is 48.4 Å². The number of carbonyl (C=O) groups excluding carboxylic acids is 2. The zero-order valence-electron chi connectivity index (χ0n) is 16.5. The second-order valence-electron chi connectivity index (χ2n) is 6.97. The number of carbonyl (C=O) groups is 2. The normalized spacial score (nSPS) is 16.3. The quantitative estimate of drug-likeness (QED) is 0.629. The summed E-state index contributed by atoms with van der Waals surface area (Å²) >= 11 is 0. The van der Waals surface area contributed by atoms with Crippen molar-refractivity contribution in [2.75, 3.05) is 7.11 Å². The molecule has 1 N–H and O–H groups in total. The molecule has 4 rings (SSSR count). The highest BCUT2D eigenvalue weighted by molar-refractivity contribution is 6.15. The standard InChI is InChI=1S/C23H20N2O5/c1-14-5-10-18(30-14)21(26)19-20(16-6-8-17(29-2)9-7-16)25(23(28)22(19)27)13-15-4-3-11-24-12-15/h3-12,20,27H,13H2,1-2H3/t20-/m1/s1. The lowest BCUT2D eigenvalue weighted by Gasteiger charge is -2.26. The van der Waals surface area contributed by atoms with E-state index in [9.17, 15) is 14.7 Å². The van der Waals surface area contributed by atoms with Crippen LogP contribution in [0.5, 0.6) is 5.75 Å². The second-order valence-corrected chi connectivity index (χ2v) is 6.97. The summed E-state index contributed by atoms with van der Waals surface area (Å²) in [6.45, 7) is 1.90. The van der Waals surface area contributed by atoms with Gasteiger partial charge in [-0.3, -0.25) is 14.6 Å². The Morgan fingerprint density at radius 1 is 1.20 bits per heavy atom. The zero-order chi connectivity index (χ0) is 21.3. The first kappa shape index (κ1) is 19.4. The molecule has 3 heterocycles. The van der Waals surface area contributed by atoms with E-state index in [2.05, 4.69) is 4.98 Å². The van der Waals surface area contributed by atoms with Crippen molar-refractivity contribution in [3.63, 3.8) is 0 Å². The fraction of sp³-hybridized carbons (Fsp3) is 0.174. The third kappa shape index (κ3) is 3.45. The number of aromatic nitrogens is 1. The fourth-order valence-corrected chi connectivity index (χ4v) is 3.56. The van der Waals surface area contributed by atoms with Crippen LogP contribution in [0.1, 0.15) is 33.5 Å². The summed E-state index contributed by atoms with van der Waals surface area (Å²) < 4.78 is 10.7. The molecule has 1 aliphatic rings. The molecule has 0 unspecified atom stereocenters. The Morgan fingerprint density at radius 3 is 2.57 bits per heavy atom. The van der Waals surface area contributed by atoms with Crippen LogP contribution in [0.25, 0.3) is 0 Å². The first-order valence-corrected chi connectivity index (χ1v) is 9.37. The predicted molar refractivity (Wildman–Crippen MR) is 108 cm³/mol. The van der Waals surface area contributed by atoms with Crippen LogP contribution in [-0.2, 0) is 11.3 Å². The number of methoxy groups -OCH3 is 1.